The Morgan fingerprint density at radius 2 is 1.81 bits per heavy atom. The van der Waals surface area contributed by atoms with Crippen molar-refractivity contribution in [3.63, 3.8) is 0 Å². The molecule has 0 spiro atoms. The van der Waals surface area contributed by atoms with Crippen LogP contribution in [0.25, 0.3) is 10.8 Å². The predicted molar refractivity (Wildman–Crippen MR) is 148 cm³/mol. The van der Waals surface area contributed by atoms with Gasteiger partial charge in [-0.15, -0.1) is 0 Å². The van der Waals surface area contributed by atoms with E-state index in [1.54, 1.807) is 36.4 Å². The van der Waals surface area contributed by atoms with Gasteiger partial charge in [-0.3, -0.25) is 9.10 Å². The summed E-state index contributed by atoms with van der Waals surface area (Å²) in [7, 11) is -2.65. The lowest BCUT2D eigenvalue weighted by Crippen LogP contribution is -2.39. The summed E-state index contributed by atoms with van der Waals surface area (Å²) < 4.78 is 33.9. The zero-order valence-corrected chi connectivity index (χ0v) is 22.5. The number of phenols is 1. The number of phenolic OH excluding ortho intramolecular Hbond substituents is 1. The first-order chi connectivity index (χ1) is 17.7. The van der Waals surface area contributed by atoms with Gasteiger partial charge in [0.2, 0.25) is 0 Å². The number of carbonyl (C=O) groups excluding carboxylic acids is 1. The minimum atomic E-state index is -4.13. The number of aromatic hydroxyl groups is 1. The summed E-state index contributed by atoms with van der Waals surface area (Å²) in [4.78, 5) is 12.8. The van der Waals surface area contributed by atoms with E-state index in [1.807, 2.05) is 31.2 Å². The van der Waals surface area contributed by atoms with E-state index in [-0.39, 0.29) is 10.6 Å². The number of hydrogen-bond acceptors (Lipinski definition) is 6. The van der Waals surface area contributed by atoms with Gasteiger partial charge in [0.05, 0.1) is 28.4 Å². The van der Waals surface area contributed by atoms with E-state index in [0.717, 1.165) is 20.6 Å². The summed E-state index contributed by atoms with van der Waals surface area (Å²) in [5.74, 6) is -0.178. The van der Waals surface area contributed by atoms with Gasteiger partial charge in [0.15, 0.2) is 0 Å². The standard InChI is InChI=1S/C27H24BrN3O5S/c1-18-7-10-20(11-8-18)31(37(34,35)21-12-14-26(36-2)24(28)15-21)17-27(33)30-29-16-23-22-6-4-3-5-19(22)9-13-25(23)32/h3-16,32H,17H2,1-2H3,(H,30,33)/b29-16-. The van der Waals surface area contributed by atoms with Crippen LogP contribution in [-0.4, -0.2) is 39.3 Å². The minimum Gasteiger partial charge on any atom is -0.507 e. The Balaban J connectivity index is 1.61. The van der Waals surface area contributed by atoms with Crippen LogP contribution in [0.1, 0.15) is 11.1 Å². The highest BCUT2D eigenvalue weighted by Gasteiger charge is 2.28. The van der Waals surface area contributed by atoms with Crippen LogP contribution in [0, 0.1) is 6.92 Å². The monoisotopic (exact) mass is 581 g/mol. The fourth-order valence-electron chi connectivity index (χ4n) is 3.72. The van der Waals surface area contributed by atoms with E-state index in [4.69, 9.17) is 4.74 Å². The number of carbonyl (C=O) groups is 1. The van der Waals surface area contributed by atoms with Crippen molar-refractivity contribution in [2.24, 2.45) is 5.10 Å². The van der Waals surface area contributed by atoms with Gasteiger partial charge in [-0.1, -0.05) is 48.0 Å². The van der Waals surface area contributed by atoms with E-state index < -0.39 is 22.5 Å². The van der Waals surface area contributed by atoms with Crippen molar-refractivity contribution >= 4 is 54.5 Å². The molecule has 1 amide bonds. The SMILES string of the molecule is COc1ccc(S(=O)(=O)N(CC(=O)N/N=C\c2c(O)ccc3ccccc23)c2ccc(C)cc2)cc1Br. The molecule has 0 saturated heterocycles. The fourth-order valence-corrected chi connectivity index (χ4v) is 5.86. The van der Waals surface area contributed by atoms with Crippen LogP contribution in [0.2, 0.25) is 0 Å². The first-order valence-corrected chi connectivity index (χ1v) is 13.4. The van der Waals surface area contributed by atoms with Crippen molar-refractivity contribution in [3.05, 3.63) is 94.5 Å². The van der Waals surface area contributed by atoms with Gasteiger partial charge in [-0.2, -0.15) is 5.10 Å². The first-order valence-electron chi connectivity index (χ1n) is 11.2. The number of amides is 1. The number of benzene rings is 4. The van der Waals surface area contributed by atoms with Crippen molar-refractivity contribution < 1.29 is 23.1 Å². The molecule has 0 aliphatic rings. The van der Waals surface area contributed by atoms with E-state index >= 15 is 0 Å². The van der Waals surface area contributed by atoms with Crippen LogP contribution in [0.3, 0.4) is 0 Å². The van der Waals surface area contributed by atoms with Crippen LogP contribution in [0.5, 0.6) is 11.5 Å². The third kappa shape index (κ3) is 5.76. The van der Waals surface area contributed by atoms with Gasteiger partial charge in [0.1, 0.15) is 18.0 Å². The molecule has 0 fully saturated rings. The number of methoxy groups -OCH3 is 1. The molecule has 0 radical (unpaired) electrons. The summed E-state index contributed by atoms with van der Waals surface area (Å²) in [5.41, 5.74) is 4.07. The molecule has 2 N–H and O–H groups in total. The normalized spacial score (nSPS) is 11.5. The molecule has 4 aromatic carbocycles. The number of nitrogens with zero attached hydrogens (tertiary/aromatic N) is 2. The molecule has 4 aromatic rings. The van der Waals surface area contributed by atoms with E-state index in [0.29, 0.717) is 21.5 Å². The number of rotatable bonds is 8. The largest absolute Gasteiger partial charge is 0.507 e. The van der Waals surface area contributed by atoms with Crippen LogP contribution >= 0.6 is 15.9 Å². The summed E-state index contributed by atoms with van der Waals surface area (Å²) in [6, 6.07) is 21.9. The number of anilines is 1. The predicted octanol–water partition coefficient (Wildman–Crippen LogP) is 4.97. The van der Waals surface area contributed by atoms with Gasteiger partial charge in [-0.25, -0.2) is 13.8 Å². The van der Waals surface area contributed by atoms with Gasteiger partial charge >= 0.3 is 0 Å². The highest BCUT2D eigenvalue weighted by Crippen LogP contribution is 2.31. The van der Waals surface area contributed by atoms with Crippen LogP contribution < -0.4 is 14.5 Å². The molecule has 190 valence electrons. The minimum absolute atomic E-state index is 0.00522. The molecule has 0 saturated carbocycles. The molecule has 0 aromatic heterocycles. The Morgan fingerprint density at radius 1 is 1.08 bits per heavy atom. The maximum Gasteiger partial charge on any atom is 0.264 e. The molecular formula is C27H24BrN3O5S. The number of sulfonamides is 1. The highest BCUT2D eigenvalue weighted by atomic mass is 79.9. The van der Waals surface area contributed by atoms with Crippen molar-refractivity contribution in [2.45, 2.75) is 11.8 Å². The van der Waals surface area contributed by atoms with Crippen LogP contribution in [0.4, 0.5) is 5.69 Å². The lowest BCUT2D eigenvalue weighted by molar-refractivity contribution is -0.119. The molecule has 4 rings (SSSR count). The van der Waals surface area contributed by atoms with Crippen molar-refractivity contribution in [1.29, 1.82) is 0 Å². The molecule has 8 nitrogen and oxygen atoms in total. The molecule has 0 aliphatic heterocycles. The number of nitrogens with one attached hydrogen (secondary N) is 1. The number of fused-ring (bicyclic) bond motifs is 1. The van der Waals surface area contributed by atoms with E-state index in [9.17, 15) is 18.3 Å². The van der Waals surface area contributed by atoms with Gasteiger partial charge in [0.25, 0.3) is 15.9 Å². The molecular weight excluding hydrogens is 558 g/mol. The molecule has 0 heterocycles. The average Bonchev–Trinajstić information content (AvgIpc) is 2.89. The second-order valence-electron chi connectivity index (χ2n) is 8.16. The third-order valence-corrected chi connectivity index (χ3v) is 8.04. The summed E-state index contributed by atoms with van der Waals surface area (Å²) in [6.07, 6.45) is 1.33. The van der Waals surface area contributed by atoms with Crippen LogP contribution in [0.15, 0.2) is 93.3 Å². The second-order valence-corrected chi connectivity index (χ2v) is 10.9. The summed E-state index contributed by atoms with van der Waals surface area (Å²) >= 11 is 3.32. The molecule has 37 heavy (non-hydrogen) atoms. The smallest absolute Gasteiger partial charge is 0.264 e. The van der Waals surface area contributed by atoms with E-state index in [2.05, 4.69) is 26.5 Å². The summed E-state index contributed by atoms with van der Waals surface area (Å²) in [6.45, 7) is 1.36. The summed E-state index contributed by atoms with van der Waals surface area (Å²) in [5, 5.41) is 15.9. The molecule has 0 aliphatic carbocycles. The number of ether oxygens (including phenoxy) is 1. The molecule has 0 bridgehead atoms. The average molecular weight is 582 g/mol. The fraction of sp³-hybridized carbons (Fsp3) is 0.111. The topological polar surface area (TPSA) is 108 Å². The van der Waals surface area contributed by atoms with Crippen molar-refractivity contribution in [1.82, 2.24) is 5.43 Å². The second kappa shape index (κ2) is 11.0. The zero-order chi connectivity index (χ0) is 26.6. The highest BCUT2D eigenvalue weighted by molar-refractivity contribution is 9.10. The molecule has 10 heteroatoms. The number of hydrazone groups is 1. The number of aryl methyl sites for hydroxylation is 1. The van der Waals surface area contributed by atoms with E-state index in [1.165, 1.54) is 31.5 Å². The Hall–Kier alpha value is -3.89. The molecule has 0 atom stereocenters. The number of halogens is 1. The first kappa shape index (κ1) is 26.2. The Labute approximate surface area is 223 Å². The van der Waals surface area contributed by atoms with Gasteiger partial charge < -0.3 is 9.84 Å². The Kier molecular flexibility index (Phi) is 7.80. The van der Waals surface area contributed by atoms with Crippen LogP contribution in [-0.2, 0) is 14.8 Å². The Bertz CT molecular complexity index is 1590. The van der Waals surface area contributed by atoms with Crippen molar-refractivity contribution in [2.75, 3.05) is 18.0 Å². The van der Waals surface area contributed by atoms with Crippen molar-refractivity contribution in [3.8, 4) is 11.5 Å². The number of hydrogen-bond donors (Lipinski definition) is 2. The maximum absolute atomic E-state index is 13.6. The zero-order valence-electron chi connectivity index (χ0n) is 20.1. The Morgan fingerprint density at radius 3 is 2.51 bits per heavy atom. The third-order valence-electron chi connectivity index (χ3n) is 5.65. The maximum atomic E-state index is 13.6. The van der Waals surface area contributed by atoms with Gasteiger partial charge in [0, 0.05) is 5.56 Å². The lowest BCUT2D eigenvalue weighted by Gasteiger charge is -2.24. The lowest BCUT2D eigenvalue weighted by atomic mass is 10.0. The van der Waals surface area contributed by atoms with Gasteiger partial charge in [-0.05, 0) is 70.0 Å². The molecule has 0 unspecified atom stereocenters. The quantitative estimate of drug-likeness (QED) is 0.225.